The highest BCUT2D eigenvalue weighted by Crippen LogP contribution is 2.23. The number of hydrogen-bond acceptors (Lipinski definition) is 6. The lowest BCUT2D eigenvalue weighted by molar-refractivity contribution is 0.102. The van der Waals surface area contributed by atoms with Crippen molar-refractivity contribution in [1.82, 2.24) is 0 Å². The van der Waals surface area contributed by atoms with E-state index in [1.54, 1.807) is 30.5 Å². The van der Waals surface area contributed by atoms with E-state index in [1.165, 1.54) is 36.4 Å². The lowest BCUT2D eigenvalue weighted by atomic mass is 10.1. The Kier molecular flexibility index (Phi) is 6.15. The van der Waals surface area contributed by atoms with E-state index in [0.29, 0.717) is 28.2 Å². The minimum atomic E-state index is -3.66. The van der Waals surface area contributed by atoms with Crippen molar-refractivity contribution in [1.29, 1.82) is 0 Å². The van der Waals surface area contributed by atoms with E-state index in [4.69, 9.17) is 0 Å². The van der Waals surface area contributed by atoms with Crippen LogP contribution in [0.25, 0.3) is 0 Å². The summed E-state index contributed by atoms with van der Waals surface area (Å²) in [5.74, 6) is -0.420. The molecule has 8 nitrogen and oxygen atoms in total. The molecule has 1 aromatic heterocycles. The Balaban J connectivity index is 1.72. The number of amides is 1. The Morgan fingerprint density at radius 3 is 2.17 bits per heavy atom. The Morgan fingerprint density at radius 1 is 0.900 bits per heavy atom. The third kappa shape index (κ3) is 5.59. The maximum Gasteiger partial charge on any atom is 0.271 e. The summed E-state index contributed by atoms with van der Waals surface area (Å²) in [5, 5.41) is 4.36. The van der Waals surface area contributed by atoms with Gasteiger partial charge in [-0.1, -0.05) is 12.1 Å². The Bertz CT molecular complexity index is 1270. The minimum absolute atomic E-state index is 0.196. The van der Waals surface area contributed by atoms with Gasteiger partial charge in [-0.15, -0.1) is 11.3 Å². The van der Waals surface area contributed by atoms with Gasteiger partial charge in [0.05, 0.1) is 11.9 Å². The fourth-order valence-corrected chi connectivity index (χ4v) is 5.20. The molecule has 0 unspecified atom stereocenters. The van der Waals surface area contributed by atoms with Crippen LogP contribution in [0.3, 0.4) is 0 Å². The maximum atomic E-state index is 12.5. The number of sulfonamides is 2. The minimum Gasteiger partial charge on any atom is -0.322 e. The number of hydrogen-bond donors (Lipinski definition) is 3. The molecule has 1 amide bonds. The Labute approximate surface area is 179 Å². The lowest BCUT2D eigenvalue weighted by Crippen LogP contribution is -2.14. The molecule has 0 aliphatic heterocycles. The number of anilines is 3. The van der Waals surface area contributed by atoms with Crippen molar-refractivity contribution >= 4 is 54.4 Å². The molecule has 0 saturated carbocycles. The van der Waals surface area contributed by atoms with Crippen molar-refractivity contribution in [2.45, 2.75) is 11.1 Å². The first-order valence-corrected chi connectivity index (χ1v) is 12.9. The van der Waals surface area contributed by atoms with Gasteiger partial charge < -0.3 is 5.32 Å². The molecule has 0 fully saturated rings. The highest BCUT2D eigenvalue weighted by atomic mass is 32.2. The van der Waals surface area contributed by atoms with Gasteiger partial charge in [0.25, 0.3) is 15.9 Å². The van der Waals surface area contributed by atoms with Gasteiger partial charge in [-0.2, -0.15) is 0 Å². The van der Waals surface area contributed by atoms with Crippen molar-refractivity contribution in [2.75, 3.05) is 21.0 Å². The average molecular weight is 466 g/mol. The van der Waals surface area contributed by atoms with Crippen molar-refractivity contribution in [3.8, 4) is 0 Å². The summed E-state index contributed by atoms with van der Waals surface area (Å²) in [4.78, 5) is 12.5. The van der Waals surface area contributed by atoms with Crippen LogP contribution < -0.4 is 14.8 Å². The van der Waals surface area contributed by atoms with Gasteiger partial charge in [0, 0.05) is 16.9 Å². The summed E-state index contributed by atoms with van der Waals surface area (Å²) >= 11 is 1.11. The van der Waals surface area contributed by atoms with Gasteiger partial charge in [0.2, 0.25) is 10.0 Å². The molecule has 0 atom stereocenters. The molecule has 0 radical (unpaired) electrons. The smallest absolute Gasteiger partial charge is 0.271 e. The first kappa shape index (κ1) is 21.8. The summed E-state index contributed by atoms with van der Waals surface area (Å²) in [6.07, 6.45) is 1.05. The van der Waals surface area contributed by atoms with Gasteiger partial charge in [-0.25, -0.2) is 16.8 Å². The highest BCUT2D eigenvalue weighted by Gasteiger charge is 2.15. The van der Waals surface area contributed by atoms with Gasteiger partial charge in [0.1, 0.15) is 4.21 Å². The number of thiophene rings is 1. The van der Waals surface area contributed by atoms with Gasteiger partial charge in [-0.3, -0.25) is 14.2 Å². The number of rotatable bonds is 7. The van der Waals surface area contributed by atoms with Crippen LogP contribution in [-0.2, 0) is 20.0 Å². The van der Waals surface area contributed by atoms with E-state index in [1.807, 2.05) is 0 Å². The zero-order valence-corrected chi connectivity index (χ0v) is 18.5. The van der Waals surface area contributed by atoms with Gasteiger partial charge in [-0.05, 0) is 60.3 Å². The SMILES string of the molecule is Cc1ccc(NC(=O)c2ccc(NS(=O)(=O)c3cccs3)cc2)cc1NS(C)(=O)=O. The molecular formula is C19H19N3O5S3. The van der Waals surface area contributed by atoms with Crippen LogP contribution >= 0.6 is 11.3 Å². The Hall–Kier alpha value is -2.89. The number of carbonyl (C=O) groups is 1. The lowest BCUT2D eigenvalue weighted by Gasteiger charge is -2.11. The van der Waals surface area contributed by atoms with E-state index in [2.05, 4.69) is 14.8 Å². The second kappa shape index (κ2) is 8.46. The zero-order valence-electron chi connectivity index (χ0n) is 16.0. The molecular weight excluding hydrogens is 446 g/mol. The van der Waals surface area contributed by atoms with Crippen molar-refractivity contribution in [3.05, 3.63) is 71.1 Å². The molecule has 3 aromatic rings. The fraction of sp³-hybridized carbons (Fsp3) is 0.105. The quantitative estimate of drug-likeness (QED) is 0.493. The van der Waals surface area contributed by atoms with E-state index < -0.39 is 26.0 Å². The van der Waals surface area contributed by atoms with Crippen LogP contribution in [0.15, 0.2) is 64.2 Å². The molecule has 0 saturated heterocycles. The van der Waals surface area contributed by atoms with Crippen molar-refractivity contribution in [3.63, 3.8) is 0 Å². The molecule has 3 N–H and O–H groups in total. The predicted molar refractivity (Wildman–Crippen MR) is 119 cm³/mol. The first-order valence-electron chi connectivity index (χ1n) is 8.60. The summed E-state index contributed by atoms with van der Waals surface area (Å²) in [7, 11) is -7.11. The Morgan fingerprint density at radius 2 is 1.57 bits per heavy atom. The van der Waals surface area contributed by atoms with E-state index in [0.717, 1.165) is 17.6 Å². The van der Waals surface area contributed by atoms with Crippen LogP contribution in [-0.4, -0.2) is 29.0 Å². The average Bonchev–Trinajstić information content (AvgIpc) is 3.19. The number of aryl methyl sites for hydroxylation is 1. The second-order valence-corrected chi connectivity index (χ2v) is 11.1. The molecule has 0 aliphatic carbocycles. The van der Waals surface area contributed by atoms with E-state index >= 15 is 0 Å². The first-order chi connectivity index (χ1) is 14.0. The normalized spacial score (nSPS) is 11.7. The summed E-state index contributed by atoms with van der Waals surface area (Å²) in [6, 6.07) is 14.0. The van der Waals surface area contributed by atoms with Crippen LogP contribution in [0.4, 0.5) is 17.1 Å². The van der Waals surface area contributed by atoms with Crippen molar-refractivity contribution in [2.24, 2.45) is 0 Å². The van der Waals surface area contributed by atoms with Gasteiger partial charge in [0.15, 0.2) is 0 Å². The van der Waals surface area contributed by atoms with Crippen LogP contribution in [0.2, 0.25) is 0 Å². The molecule has 0 spiro atoms. The summed E-state index contributed by atoms with van der Waals surface area (Å²) in [5.41, 5.74) is 2.14. The summed E-state index contributed by atoms with van der Waals surface area (Å²) < 4.78 is 52.5. The van der Waals surface area contributed by atoms with Gasteiger partial charge >= 0.3 is 0 Å². The summed E-state index contributed by atoms with van der Waals surface area (Å²) in [6.45, 7) is 1.75. The number of carbonyl (C=O) groups excluding carboxylic acids is 1. The van der Waals surface area contributed by atoms with Crippen LogP contribution in [0.1, 0.15) is 15.9 Å². The van der Waals surface area contributed by atoms with E-state index in [-0.39, 0.29) is 4.21 Å². The molecule has 2 aromatic carbocycles. The number of nitrogens with one attached hydrogen (secondary N) is 3. The third-order valence-electron chi connectivity index (χ3n) is 3.95. The largest absolute Gasteiger partial charge is 0.322 e. The molecule has 158 valence electrons. The predicted octanol–water partition coefficient (Wildman–Crippen LogP) is 3.48. The molecule has 30 heavy (non-hydrogen) atoms. The zero-order chi connectivity index (χ0) is 21.9. The topological polar surface area (TPSA) is 121 Å². The van der Waals surface area contributed by atoms with Crippen molar-refractivity contribution < 1.29 is 21.6 Å². The maximum absolute atomic E-state index is 12.5. The molecule has 1 heterocycles. The number of benzene rings is 2. The second-order valence-electron chi connectivity index (χ2n) is 6.47. The fourth-order valence-electron chi connectivity index (χ4n) is 2.52. The molecule has 0 aliphatic rings. The molecule has 11 heteroatoms. The highest BCUT2D eigenvalue weighted by molar-refractivity contribution is 7.94. The van der Waals surface area contributed by atoms with Crippen LogP contribution in [0.5, 0.6) is 0 Å². The monoisotopic (exact) mass is 465 g/mol. The molecule has 3 rings (SSSR count). The van der Waals surface area contributed by atoms with E-state index in [9.17, 15) is 21.6 Å². The molecule has 0 bridgehead atoms. The van der Waals surface area contributed by atoms with Crippen LogP contribution in [0, 0.1) is 6.92 Å². The third-order valence-corrected chi connectivity index (χ3v) is 7.32. The standard InChI is InChI=1S/C19H19N3O5S3/c1-13-5-8-16(12-17(13)22-29(2,24)25)20-19(23)14-6-9-15(10-7-14)21-30(26,27)18-4-3-11-28-18/h3-12,21-22H,1-2H3,(H,20,23).